The molecule has 0 saturated carbocycles. The Morgan fingerprint density at radius 3 is 2.17 bits per heavy atom. The van der Waals surface area contributed by atoms with Gasteiger partial charge in [-0.25, -0.2) is 8.42 Å². The van der Waals surface area contributed by atoms with Crippen LogP contribution in [0, 0.1) is 6.92 Å². The fourth-order valence-electron chi connectivity index (χ4n) is 3.40. The normalized spacial score (nSPS) is 13.1. The number of amides is 2. The molecule has 0 aliphatic carbocycles. The minimum absolute atomic E-state index is 0.0797. The molecule has 7 nitrogen and oxygen atoms in total. The van der Waals surface area contributed by atoms with Crippen molar-refractivity contribution in [2.24, 2.45) is 0 Å². The molecule has 2 rings (SSSR count). The largest absolute Gasteiger partial charge is 0.352 e. The van der Waals surface area contributed by atoms with Crippen LogP contribution >= 0.6 is 34.8 Å². The Labute approximate surface area is 222 Å². The van der Waals surface area contributed by atoms with Crippen molar-refractivity contribution in [2.45, 2.75) is 52.7 Å². The Morgan fingerprint density at radius 2 is 1.66 bits per heavy atom. The molecule has 1 N–H and O–H groups in total. The van der Waals surface area contributed by atoms with Crippen LogP contribution in [-0.2, 0) is 26.2 Å². The lowest BCUT2D eigenvalue weighted by atomic mass is 10.1. The van der Waals surface area contributed by atoms with E-state index in [0.29, 0.717) is 38.3 Å². The molecule has 2 aromatic carbocycles. The summed E-state index contributed by atoms with van der Waals surface area (Å²) >= 11 is 18.7. The Hall–Kier alpha value is -2.00. The second kappa shape index (κ2) is 12.3. The number of rotatable bonds is 10. The zero-order valence-corrected chi connectivity index (χ0v) is 23.4. The van der Waals surface area contributed by atoms with Gasteiger partial charge in [0.1, 0.15) is 12.6 Å². The number of carbonyl (C=O) groups is 2. The first-order valence-corrected chi connectivity index (χ1v) is 14.0. The maximum absolute atomic E-state index is 13.6. The summed E-state index contributed by atoms with van der Waals surface area (Å²) in [5.41, 5.74) is 1.36. The van der Waals surface area contributed by atoms with Crippen molar-refractivity contribution in [3.05, 3.63) is 62.6 Å². The Bertz CT molecular complexity index is 1170. The predicted molar refractivity (Wildman–Crippen MR) is 143 cm³/mol. The number of halogens is 3. The Balaban J connectivity index is 2.48. The maximum atomic E-state index is 13.6. The maximum Gasteiger partial charge on any atom is 0.244 e. The standard InChI is InChI=1S/C24H30Cl3N3O4S/c1-6-16(3)28-24(32)17(4)29(13-19-20(26)8-7-9-21(19)27)23(31)14-30(35(5,33)34)22-11-10-18(25)12-15(22)2/h7-12,16-17H,6,13-14H2,1-5H3,(H,28,32)/t16-,17+/m1/s1. The molecule has 35 heavy (non-hydrogen) atoms. The second-order valence-corrected chi connectivity index (χ2v) is 11.6. The Morgan fingerprint density at radius 1 is 1.06 bits per heavy atom. The lowest BCUT2D eigenvalue weighted by Crippen LogP contribution is -2.52. The van der Waals surface area contributed by atoms with E-state index in [2.05, 4.69) is 5.32 Å². The summed E-state index contributed by atoms with van der Waals surface area (Å²) < 4.78 is 26.4. The average Bonchev–Trinajstić information content (AvgIpc) is 2.76. The first kappa shape index (κ1) is 29.2. The van der Waals surface area contributed by atoms with Gasteiger partial charge in [-0.15, -0.1) is 0 Å². The number of nitrogens with one attached hydrogen (secondary N) is 1. The monoisotopic (exact) mass is 561 g/mol. The Kier molecular flexibility index (Phi) is 10.3. The van der Waals surface area contributed by atoms with Crippen molar-refractivity contribution in [1.82, 2.24) is 10.2 Å². The van der Waals surface area contributed by atoms with Crippen molar-refractivity contribution >= 4 is 62.3 Å². The van der Waals surface area contributed by atoms with E-state index >= 15 is 0 Å². The minimum Gasteiger partial charge on any atom is -0.352 e. The molecule has 0 aromatic heterocycles. The summed E-state index contributed by atoms with van der Waals surface area (Å²) in [6, 6.07) is 8.63. The fourth-order valence-corrected chi connectivity index (χ4v) is 5.05. The molecule has 0 aliphatic heterocycles. The van der Waals surface area contributed by atoms with Crippen molar-refractivity contribution in [2.75, 3.05) is 17.1 Å². The summed E-state index contributed by atoms with van der Waals surface area (Å²) in [6.07, 6.45) is 1.73. The predicted octanol–water partition coefficient (Wildman–Crippen LogP) is 5.05. The number of hydrogen-bond donors (Lipinski definition) is 1. The van der Waals surface area contributed by atoms with E-state index in [0.717, 1.165) is 10.6 Å². The molecule has 0 radical (unpaired) electrons. The zero-order valence-electron chi connectivity index (χ0n) is 20.3. The molecule has 0 unspecified atom stereocenters. The highest BCUT2D eigenvalue weighted by molar-refractivity contribution is 7.92. The molecule has 11 heteroatoms. The average molecular weight is 563 g/mol. The first-order chi connectivity index (χ1) is 16.3. The van der Waals surface area contributed by atoms with Gasteiger partial charge >= 0.3 is 0 Å². The summed E-state index contributed by atoms with van der Waals surface area (Å²) in [7, 11) is -3.85. The number of sulfonamides is 1. The van der Waals surface area contributed by atoms with E-state index in [-0.39, 0.29) is 18.5 Å². The van der Waals surface area contributed by atoms with Gasteiger partial charge in [-0.05, 0) is 63.1 Å². The minimum atomic E-state index is -3.85. The molecule has 0 aliphatic rings. The summed E-state index contributed by atoms with van der Waals surface area (Å²) in [6.45, 7) is 6.47. The molecule has 192 valence electrons. The molecule has 0 fully saturated rings. The highest BCUT2D eigenvalue weighted by Crippen LogP contribution is 2.28. The van der Waals surface area contributed by atoms with Gasteiger partial charge in [-0.1, -0.05) is 47.8 Å². The van der Waals surface area contributed by atoms with E-state index in [9.17, 15) is 18.0 Å². The van der Waals surface area contributed by atoms with Gasteiger partial charge in [-0.3, -0.25) is 13.9 Å². The van der Waals surface area contributed by atoms with Gasteiger partial charge in [0, 0.05) is 33.2 Å². The van der Waals surface area contributed by atoms with Gasteiger partial charge in [0.05, 0.1) is 11.9 Å². The lowest BCUT2D eigenvalue weighted by Gasteiger charge is -2.32. The number of nitrogens with zero attached hydrogens (tertiary/aromatic N) is 2. The van der Waals surface area contributed by atoms with Crippen molar-refractivity contribution in [3.8, 4) is 0 Å². The molecule has 0 saturated heterocycles. The molecular formula is C24H30Cl3N3O4S. The van der Waals surface area contributed by atoms with Gasteiger partial charge in [0.2, 0.25) is 21.8 Å². The van der Waals surface area contributed by atoms with Crippen LogP contribution in [0.4, 0.5) is 5.69 Å². The molecule has 0 heterocycles. The van der Waals surface area contributed by atoms with E-state index in [1.54, 1.807) is 50.2 Å². The van der Waals surface area contributed by atoms with E-state index in [4.69, 9.17) is 34.8 Å². The van der Waals surface area contributed by atoms with Crippen molar-refractivity contribution in [3.63, 3.8) is 0 Å². The highest BCUT2D eigenvalue weighted by atomic mass is 35.5. The van der Waals surface area contributed by atoms with Crippen LogP contribution in [0.15, 0.2) is 36.4 Å². The van der Waals surface area contributed by atoms with Crippen LogP contribution in [0.1, 0.15) is 38.3 Å². The molecule has 2 atom stereocenters. The summed E-state index contributed by atoms with van der Waals surface area (Å²) in [4.78, 5) is 27.8. The van der Waals surface area contributed by atoms with Crippen LogP contribution in [0.2, 0.25) is 15.1 Å². The first-order valence-electron chi connectivity index (χ1n) is 11.0. The second-order valence-electron chi connectivity index (χ2n) is 8.42. The van der Waals surface area contributed by atoms with Crippen molar-refractivity contribution in [1.29, 1.82) is 0 Å². The SMILES string of the molecule is CC[C@@H](C)NC(=O)[C@H](C)N(Cc1c(Cl)cccc1Cl)C(=O)CN(c1ccc(Cl)cc1C)S(C)(=O)=O. The third kappa shape index (κ3) is 7.74. The van der Waals surface area contributed by atoms with Crippen LogP contribution in [-0.4, -0.2) is 50.0 Å². The number of benzene rings is 2. The third-order valence-electron chi connectivity index (χ3n) is 5.67. The fraction of sp³-hybridized carbons (Fsp3) is 0.417. The van der Waals surface area contributed by atoms with Crippen LogP contribution in [0.25, 0.3) is 0 Å². The van der Waals surface area contributed by atoms with Gasteiger partial charge < -0.3 is 10.2 Å². The quantitative estimate of drug-likeness (QED) is 0.439. The van der Waals surface area contributed by atoms with Gasteiger partial charge in [0.15, 0.2) is 0 Å². The lowest BCUT2D eigenvalue weighted by molar-refractivity contribution is -0.139. The van der Waals surface area contributed by atoms with Crippen molar-refractivity contribution < 1.29 is 18.0 Å². The van der Waals surface area contributed by atoms with Crippen LogP contribution in [0.3, 0.4) is 0 Å². The molecular weight excluding hydrogens is 533 g/mol. The molecule has 2 amide bonds. The van der Waals surface area contributed by atoms with Crippen LogP contribution in [0.5, 0.6) is 0 Å². The number of carbonyl (C=O) groups excluding carboxylic acids is 2. The molecule has 0 spiro atoms. The van der Waals surface area contributed by atoms with E-state index < -0.39 is 28.5 Å². The summed E-state index contributed by atoms with van der Waals surface area (Å²) in [5.74, 6) is -0.961. The smallest absolute Gasteiger partial charge is 0.244 e. The third-order valence-corrected chi connectivity index (χ3v) is 7.73. The van der Waals surface area contributed by atoms with E-state index in [1.807, 2.05) is 13.8 Å². The van der Waals surface area contributed by atoms with E-state index in [1.165, 1.54) is 4.90 Å². The molecule has 2 aromatic rings. The van der Waals surface area contributed by atoms with Gasteiger partial charge in [-0.2, -0.15) is 0 Å². The zero-order chi connectivity index (χ0) is 26.5. The number of hydrogen-bond acceptors (Lipinski definition) is 4. The highest BCUT2D eigenvalue weighted by Gasteiger charge is 2.31. The number of aryl methyl sites for hydroxylation is 1. The van der Waals surface area contributed by atoms with Crippen LogP contribution < -0.4 is 9.62 Å². The summed E-state index contributed by atoms with van der Waals surface area (Å²) in [5, 5.41) is 3.97. The number of anilines is 1. The topological polar surface area (TPSA) is 86.8 Å². The molecule has 0 bridgehead atoms. The van der Waals surface area contributed by atoms with Gasteiger partial charge in [0.25, 0.3) is 0 Å².